The minimum Gasteiger partial charge on any atom is -0.491 e. The van der Waals surface area contributed by atoms with Gasteiger partial charge in [-0.25, -0.2) is 0 Å². The SMILES string of the molecule is O=C(CSCC(=O)N1CCOCC1)Nc1ccc(OCC2CCCO2)cc1. The number of nitrogens with one attached hydrogen (secondary N) is 1. The predicted molar refractivity (Wildman–Crippen MR) is 104 cm³/mol. The van der Waals surface area contributed by atoms with Crippen molar-refractivity contribution in [2.24, 2.45) is 0 Å². The molecular weight excluding hydrogens is 368 g/mol. The molecule has 2 fully saturated rings. The standard InChI is InChI=1S/C19H26N2O5S/c22-18(13-27-14-19(23)21-7-10-24-11-8-21)20-15-3-5-16(6-4-15)26-12-17-2-1-9-25-17/h3-6,17H,1-2,7-14H2,(H,20,22). The summed E-state index contributed by atoms with van der Waals surface area (Å²) in [5, 5.41) is 2.83. The van der Waals surface area contributed by atoms with Crippen LogP contribution in [0.5, 0.6) is 5.75 Å². The molecule has 0 radical (unpaired) electrons. The lowest BCUT2D eigenvalue weighted by atomic mass is 10.2. The van der Waals surface area contributed by atoms with Crippen molar-refractivity contribution in [3.05, 3.63) is 24.3 Å². The molecule has 1 aromatic carbocycles. The fourth-order valence-electron chi connectivity index (χ4n) is 2.93. The molecule has 2 aliphatic heterocycles. The summed E-state index contributed by atoms with van der Waals surface area (Å²) < 4.78 is 16.5. The topological polar surface area (TPSA) is 77.1 Å². The number of rotatable bonds is 8. The molecule has 0 aromatic heterocycles. The zero-order valence-corrected chi connectivity index (χ0v) is 16.2. The quantitative estimate of drug-likeness (QED) is 0.724. The predicted octanol–water partition coefficient (Wildman–Crippen LogP) is 1.77. The molecule has 148 valence electrons. The molecule has 0 bridgehead atoms. The van der Waals surface area contributed by atoms with Crippen molar-refractivity contribution in [2.75, 3.05) is 56.3 Å². The third kappa shape index (κ3) is 6.71. The molecule has 2 heterocycles. The van der Waals surface area contributed by atoms with E-state index in [1.807, 2.05) is 24.3 Å². The molecule has 1 aromatic rings. The fourth-order valence-corrected chi connectivity index (χ4v) is 3.65. The summed E-state index contributed by atoms with van der Waals surface area (Å²) in [5.74, 6) is 1.25. The van der Waals surface area contributed by atoms with E-state index in [2.05, 4.69) is 5.32 Å². The minimum absolute atomic E-state index is 0.0591. The molecule has 1 unspecified atom stereocenters. The summed E-state index contributed by atoms with van der Waals surface area (Å²) in [7, 11) is 0. The van der Waals surface area contributed by atoms with Gasteiger partial charge in [0.2, 0.25) is 11.8 Å². The number of hydrogen-bond acceptors (Lipinski definition) is 6. The van der Waals surface area contributed by atoms with Crippen LogP contribution in [0.1, 0.15) is 12.8 Å². The van der Waals surface area contributed by atoms with Crippen LogP contribution in [-0.2, 0) is 19.1 Å². The van der Waals surface area contributed by atoms with Gasteiger partial charge in [-0.15, -0.1) is 11.8 Å². The summed E-state index contributed by atoms with van der Waals surface area (Å²) in [5.41, 5.74) is 0.713. The van der Waals surface area contributed by atoms with Crippen LogP contribution in [0.25, 0.3) is 0 Å². The Hall–Kier alpha value is -1.77. The second-order valence-electron chi connectivity index (χ2n) is 6.50. The van der Waals surface area contributed by atoms with Crippen molar-refractivity contribution in [3.8, 4) is 5.75 Å². The van der Waals surface area contributed by atoms with Gasteiger partial charge in [0.05, 0.1) is 30.8 Å². The van der Waals surface area contributed by atoms with Crippen molar-refractivity contribution in [1.29, 1.82) is 0 Å². The maximum absolute atomic E-state index is 12.0. The van der Waals surface area contributed by atoms with Gasteiger partial charge in [-0.1, -0.05) is 0 Å². The van der Waals surface area contributed by atoms with Crippen molar-refractivity contribution in [2.45, 2.75) is 18.9 Å². The molecule has 7 nitrogen and oxygen atoms in total. The Morgan fingerprint density at radius 1 is 1.15 bits per heavy atom. The van der Waals surface area contributed by atoms with Crippen molar-refractivity contribution < 1.29 is 23.8 Å². The van der Waals surface area contributed by atoms with Crippen LogP contribution in [0.2, 0.25) is 0 Å². The lowest BCUT2D eigenvalue weighted by Crippen LogP contribution is -2.41. The van der Waals surface area contributed by atoms with Gasteiger partial charge in [-0.2, -0.15) is 0 Å². The Morgan fingerprint density at radius 2 is 1.93 bits per heavy atom. The molecule has 1 atom stereocenters. The van der Waals surface area contributed by atoms with Gasteiger partial charge in [0.1, 0.15) is 12.4 Å². The van der Waals surface area contributed by atoms with Crippen LogP contribution < -0.4 is 10.1 Å². The van der Waals surface area contributed by atoms with E-state index >= 15 is 0 Å². The third-order valence-corrected chi connectivity index (χ3v) is 5.34. The Balaban J connectivity index is 1.33. The van der Waals surface area contributed by atoms with Crippen molar-refractivity contribution in [3.63, 3.8) is 0 Å². The van der Waals surface area contributed by atoms with Crippen LogP contribution >= 0.6 is 11.8 Å². The number of benzene rings is 1. The number of anilines is 1. The summed E-state index contributed by atoms with van der Waals surface area (Å²) >= 11 is 1.33. The Bertz CT molecular complexity index is 613. The normalized spacial score (nSPS) is 19.7. The Kier molecular flexibility index (Phi) is 7.79. The second-order valence-corrected chi connectivity index (χ2v) is 7.49. The van der Waals surface area contributed by atoms with Crippen LogP contribution in [0.15, 0.2) is 24.3 Å². The lowest BCUT2D eigenvalue weighted by Gasteiger charge is -2.26. The molecule has 3 rings (SSSR count). The van der Waals surface area contributed by atoms with E-state index in [-0.39, 0.29) is 23.7 Å². The summed E-state index contributed by atoms with van der Waals surface area (Å²) in [6, 6.07) is 7.29. The van der Waals surface area contributed by atoms with E-state index in [1.54, 1.807) is 4.90 Å². The first-order valence-electron chi connectivity index (χ1n) is 9.28. The second kappa shape index (κ2) is 10.5. The van der Waals surface area contributed by atoms with Crippen molar-refractivity contribution >= 4 is 29.3 Å². The molecule has 2 amide bonds. The third-order valence-electron chi connectivity index (χ3n) is 4.42. The van der Waals surface area contributed by atoms with E-state index in [1.165, 1.54) is 11.8 Å². The number of amides is 2. The zero-order valence-electron chi connectivity index (χ0n) is 15.4. The first-order valence-corrected chi connectivity index (χ1v) is 10.4. The van der Waals surface area contributed by atoms with E-state index in [4.69, 9.17) is 14.2 Å². The van der Waals surface area contributed by atoms with Crippen LogP contribution in [0.3, 0.4) is 0 Å². The minimum atomic E-state index is -0.122. The van der Waals surface area contributed by atoms with Gasteiger partial charge in [-0.3, -0.25) is 9.59 Å². The van der Waals surface area contributed by atoms with Crippen LogP contribution in [0.4, 0.5) is 5.69 Å². The number of ether oxygens (including phenoxy) is 3. The molecule has 0 aliphatic carbocycles. The smallest absolute Gasteiger partial charge is 0.234 e. The average molecular weight is 394 g/mol. The van der Waals surface area contributed by atoms with E-state index in [9.17, 15) is 9.59 Å². The maximum Gasteiger partial charge on any atom is 0.234 e. The number of thioether (sulfide) groups is 1. The largest absolute Gasteiger partial charge is 0.491 e. The zero-order chi connectivity index (χ0) is 18.9. The van der Waals surface area contributed by atoms with Crippen molar-refractivity contribution in [1.82, 2.24) is 4.90 Å². The van der Waals surface area contributed by atoms with Crippen LogP contribution in [-0.4, -0.2) is 73.8 Å². The maximum atomic E-state index is 12.0. The lowest BCUT2D eigenvalue weighted by molar-refractivity contribution is -0.132. The first-order chi connectivity index (χ1) is 13.2. The van der Waals surface area contributed by atoms with Crippen LogP contribution in [0, 0.1) is 0 Å². The Labute approximate surface area is 163 Å². The molecular formula is C19H26N2O5S. The Morgan fingerprint density at radius 3 is 2.63 bits per heavy atom. The van der Waals surface area contributed by atoms with Gasteiger partial charge < -0.3 is 24.4 Å². The molecule has 0 spiro atoms. The first kappa shape index (κ1) is 20.0. The number of morpholine rings is 1. The fraction of sp³-hybridized carbons (Fsp3) is 0.579. The van der Waals surface area contributed by atoms with Gasteiger partial charge in [-0.05, 0) is 37.1 Å². The number of hydrogen-bond donors (Lipinski definition) is 1. The van der Waals surface area contributed by atoms with Gasteiger partial charge in [0, 0.05) is 25.4 Å². The highest BCUT2D eigenvalue weighted by molar-refractivity contribution is 8.00. The molecule has 8 heteroatoms. The van der Waals surface area contributed by atoms with Gasteiger partial charge >= 0.3 is 0 Å². The molecule has 0 saturated carbocycles. The summed E-state index contributed by atoms with van der Waals surface area (Å²) in [6.45, 7) is 3.81. The average Bonchev–Trinajstić information content (AvgIpc) is 3.22. The number of carbonyl (C=O) groups excluding carboxylic acids is 2. The monoisotopic (exact) mass is 394 g/mol. The highest BCUT2D eigenvalue weighted by Gasteiger charge is 2.17. The molecule has 27 heavy (non-hydrogen) atoms. The molecule has 2 saturated heterocycles. The number of nitrogens with zero attached hydrogens (tertiary/aromatic N) is 1. The summed E-state index contributed by atoms with van der Waals surface area (Å²) in [6.07, 6.45) is 2.32. The van der Waals surface area contributed by atoms with E-state index in [0.29, 0.717) is 44.4 Å². The highest BCUT2D eigenvalue weighted by Crippen LogP contribution is 2.18. The molecule has 1 N–H and O–H groups in total. The number of carbonyl (C=O) groups is 2. The highest BCUT2D eigenvalue weighted by atomic mass is 32.2. The van der Waals surface area contributed by atoms with Gasteiger partial charge in [0.25, 0.3) is 0 Å². The summed E-state index contributed by atoms with van der Waals surface area (Å²) in [4.78, 5) is 25.8. The van der Waals surface area contributed by atoms with E-state index < -0.39 is 0 Å². The van der Waals surface area contributed by atoms with E-state index in [0.717, 1.165) is 25.2 Å². The molecule has 2 aliphatic rings. The van der Waals surface area contributed by atoms with Gasteiger partial charge in [0.15, 0.2) is 0 Å².